The first kappa shape index (κ1) is 18.0. The van der Waals surface area contributed by atoms with Crippen molar-refractivity contribution in [3.05, 3.63) is 63.9 Å². The zero-order valence-corrected chi connectivity index (χ0v) is 17.5. The summed E-state index contributed by atoms with van der Waals surface area (Å²) >= 11 is 1.63. The third-order valence-electron chi connectivity index (χ3n) is 6.19. The van der Waals surface area contributed by atoms with Gasteiger partial charge in [0.2, 0.25) is 6.79 Å². The average Bonchev–Trinajstić information content (AvgIpc) is 3.51. The van der Waals surface area contributed by atoms with E-state index in [2.05, 4.69) is 32.0 Å². The molecule has 0 aliphatic carbocycles. The van der Waals surface area contributed by atoms with Gasteiger partial charge >= 0.3 is 0 Å². The third kappa shape index (κ3) is 2.90. The van der Waals surface area contributed by atoms with Gasteiger partial charge < -0.3 is 18.9 Å². The number of rotatable bonds is 4. The van der Waals surface area contributed by atoms with Crippen LogP contribution in [0.15, 0.2) is 41.9 Å². The fourth-order valence-electron chi connectivity index (χ4n) is 4.86. The average molecular weight is 423 g/mol. The molecule has 0 N–H and O–H groups in total. The SMILES string of the molecule is Cc1nc(CN2C(=O)c3cccn3C3CN(Cc4ccc5c(c4)OCO5)CC32)cs1. The minimum atomic E-state index is 0.0943. The standard InChI is InChI=1S/C22H22N4O3S/c1-14-23-16(12-30-14)9-26-19-11-24(8-15-4-5-20-21(7-15)29-13-28-20)10-18(19)25-6-2-3-17(25)22(26)27/h2-7,12,18-19H,8-11,13H2,1H3. The van der Waals surface area contributed by atoms with Crippen LogP contribution in [0.2, 0.25) is 0 Å². The van der Waals surface area contributed by atoms with Gasteiger partial charge in [-0.05, 0) is 36.8 Å². The van der Waals surface area contributed by atoms with Crippen molar-refractivity contribution in [2.75, 3.05) is 19.9 Å². The Kier molecular flexibility index (Phi) is 4.10. The van der Waals surface area contributed by atoms with Gasteiger partial charge in [0.15, 0.2) is 11.5 Å². The lowest BCUT2D eigenvalue weighted by Crippen LogP contribution is -2.49. The summed E-state index contributed by atoms with van der Waals surface area (Å²) in [6, 6.07) is 10.4. The Bertz CT molecular complexity index is 1120. The van der Waals surface area contributed by atoms with Crippen LogP contribution in [0.5, 0.6) is 11.5 Å². The van der Waals surface area contributed by atoms with Crippen molar-refractivity contribution in [3.63, 3.8) is 0 Å². The van der Waals surface area contributed by atoms with Crippen LogP contribution in [-0.2, 0) is 13.1 Å². The molecule has 1 fully saturated rings. The van der Waals surface area contributed by atoms with Gasteiger partial charge in [-0.15, -0.1) is 11.3 Å². The van der Waals surface area contributed by atoms with Gasteiger partial charge in [-0.2, -0.15) is 0 Å². The Morgan fingerprint density at radius 1 is 1.13 bits per heavy atom. The summed E-state index contributed by atoms with van der Waals surface area (Å²) in [6.07, 6.45) is 2.04. The van der Waals surface area contributed by atoms with Gasteiger partial charge in [-0.1, -0.05) is 6.07 Å². The molecule has 3 aliphatic rings. The number of ether oxygens (including phenoxy) is 2. The number of likely N-dealkylation sites (tertiary alicyclic amines) is 1. The maximum Gasteiger partial charge on any atom is 0.271 e. The highest BCUT2D eigenvalue weighted by molar-refractivity contribution is 7.09. The van der Waals surface area contributed by atoms with Crippen LogP contribution < -0.4 is 9.47 Å². The van der Waals surface area contributed by atoms with Gasteiger partial charge in [0.05, 0.1) is 29.3 Å². The van der Waals surface area contributed by atoms with Crippen molar-refractivity contribution in [1.29, 1.82) is 0 Å². The fraction of sp³-hybridized carbons (Fsp3) is 0.364. The summed E-state index contributed by atoms with van der Waals surface area (Å²) in [4.78, 5) is 22.3. The van der Waals surface area contributed by atoms with Crippen molar-refractivity contribution in [3.8, 4) is 11.5 Å². The molecular weight excluding hydrogens is 400 g/mol. The normalized spacial score (nSPS) is 22.4. The van der Waals surface area contributed by atoms with Crippen molar-refractivity contribution < 1.29 is 14.3 Å². The number of hydrogen-bond donors (Lipinski definition) is 0. The van der Waals surface area contributed by atoms with E-state index >= 15 is 0 Å². The summed E-state index contributed by atoms with van der Waals surface area (Å²) < 4.78 is 13.1. The minimum absolute atomic E-state index is 0.0943. The molecule has 6 rings (SSSR count). The van der Waals surface area contributed by atoms with Gasteiger partial charge in [0.1, 0.15) is 5.69 Å². The van der Waals surface area contributed by atoms with E-state index in [1.54, 1.807) is 11.3 Å². The monoisotopic (exact) mass is 422 g/mol. The highest BCUT2D eigenvalue weighted by Crippen LogP contribution is 2.37. The molecule has 1 amide bonds. The molecule has 0 saturated carbocycles. The van der Waals surface area contributed by atoms with Crippen molar-refractivity contribution in [2.24, 2.45) is 0 Å². The molecule has 0 radical (unpaired) electrons. The van der Waals surface area contributed by atoms with Crippen LogP contribution in [0.1, 0.15) is 32.8 Å². The lowest BCUT2D eigenvalue weighted by Gasteiger charge is -2.38. The first-order valence-electron chi connectivity index (χ1n) is 10.2. The molecule has 2 atom stereocenters. The fourth-order valence-corrected chi connectivity index (χ4v) is 5.46. The third-order valence-corrected chi connectivity index (χ3v) is 7.02. The van der Waals surface area contributed by atoms with E-state index in [0.717, 1.165) is 47.5 Å². The van der Waals surface area contributed by atoms with Gasteiger partial charge in [-0.25, -0.2) is 4.98 Å². The van der Waals surface area contributed by atoms with Crippen LogP contribution in [0.25, 0.3) is 0 Å². The number of fused-ring (bicyclic) bond motifs is 4. The highest BCUT2D eigenvalue weighted by atomic mass is 32.1. The smallest absolute Gasteiger partial charge is 0.271 e. The lowest BCUT2D eigenvalue weighted by atomic mass is 10.1. The van der Waals surface area contributed by atoms with Crippen LogP contribution >= 0.6 is 11.3 Å². The Labute approximate surface area is 178 Å². The number of nitrogens with zero attached hydrogens (tertiary/aromatic N) is 4. The molecule has 0 spiro atoms. The molecule has 3 aromatic rings. The van der Waals surface area contributed by atoms with E-state index in [9.17, 15) is 4.79 Å². The van der Waals surface area contributed by atoms with E-state index in [1.807, 2.05) is 36.2 Å². The highest BCUT2D eigenvalue weighted by Gasteiger charge is 2.45. The molecule has 0 bridgehead atoms. The van der Waals surface area contributed by atoms with E-state index < -0.39 is 0 Å². The van der Waals surface area contributed by atoms with Gasteiger partial charge in [0.25, 0.3) is 5.91 Å². The Morgan fingerprint density at radius 3 is 2.87 bits per heavy atom. The van der Waals surface area contributed by atoms with E-state index in [1.165, 1.54) is 5.56 Å². The summed E-state index contributed by atoms with van der Waals surface area (Å²) in [5.41, 5.74) is 2.94. The maximum atomic E-state index is 13.3. The Balaban J connectivity index is 1.27. The number of aryl methyl sites for hydroxylation is 1. The molecule has 2 aromatic heterocycles. The number of benzene rings is 1. The topological polar surface area (TPSA) is 59.8 Å². The molecule has 7 nitrogen and oxygen atoms in total. The lowest BCUT2D eigenvalue weighted by molar-refractivity contribution is 0.0553. The molecular formula is C22H22N4O3S. The van der Waals surface area contributed by atoms with Gasteiger partial charge in [-0.3, -0.25) is 9.69 Å². The van der Waals surface area contributed by atoms with Crippen molar-refractivity contribution in [1.82, 2.24) is 19.4 Å². The van der Waals surface area contributed by atoms with Crippen LogP contribution in [0.4, 0.5) is 0 Å². The second-order valence-electron chi connectivity index (χ2n) is 8.11. The predicted octanol–water partition coefficient (Wildman–Crippen LogP) is 3.06. The van der Waals surface area contributed by atoms with E-state index in [-0.39, 0.29) is 24.8 Å². The van der Waals surface area contributed by atoms with E-state index in [4.69, 9.17) is 9.47 Å². The minimum Gasteiger partial charge on any atom is -0.454 e. The molecule has 154 valence electrons. The summed E-state index contributed by atoms with van der Waals surface area (Å²) in [7, 11) is 0. The first-order chi connectivity index (χ1) is 14.7. The first-order valence-corrected chi connectivity index (χ1v) is 11.0. The number of aromatic nitrogens is 2. The molecule has 1 aromatic carbocycles. The number of carbonyl (C=O) groups is 1. The number of hydrogen-bond acceptors (Lipinski definition) is 6. The van der Waals surface area contributed by atoms with Crippen molar-refractivity contribution >= 4 is 17.2 Å². The molecule has 8 heteroatoms. The van der Waals surface area contributed by atoms with Crippen LogP contribution in [-0.4, -0.2) is 51.2 Å². The molecule has 2 unspecified atom stereocenters. The van der Waals surface area contributed by atoms with Gasteiger partial charge in [0, 0.05) is 31.2 Å². The Hall–Kier alpha value is -2.84. The second kappa shape index (κ2) is 6.85. The number of carbonyl (C=O) groups excluding carboxylic acids is 1. The van der Waals surface area contributed by atoms with Crippen LogP contribution in [0.3, 0.4) is 0 Å². The molecule has 30 heavy (non-hydrogen) atoms. The summed E-state index contributed by atoms with van der Waals surface area (Å²) in [6.45, 7) is 5.41. The van der Waals surface area contributed by atoms with Crippen LogP contribution in [0, 0.1) is 6.92 Å². The number of amides is 1. The van der Waals surface area contributed by atoms with E-state index in [0.29, 0.717) is 6.54 Å². The molecule has 3 aliphatic heterocycles. The largest absolute Gasteiger partial charge is 0.454 e. The number of thiazole rings is 1. The maximum absolute atomic E-state index is 13.3. The Morgan fingerprint density at radius 2 is 2.00 bits per heavy atom. The zero-order chi connectivity index (χ0) is 20.2. The second-order valence-corrected chi connectivity index (χ2v) is 9.17. The van der Waals surface area contributed by atoms with Crippen molar-refractivity contribution in [2.45, 2.75) is 32.1 Å². The predicted molar refractivity (Wildman–Crippen MR) is 112 cm³/mol. The molecule has 1 saturated heterocycles. The zero-order valence-electron chi connectivity index (χ0n) is 16.7. The molecule has 5 heterocycles. The summed E-state index contributed by atoms with van der Waals surface area (Å²) in [5, 5.41) is 3.09. The summed E-state index contributed by atoms with van der Waals surface area (Å²) in [5.74, 6) is 1.71. The quantitative estimate of drug-likeness (QED) is 0.647.